The summed E-state index contributed by atoms with van der Waals surface area (Å²) in [6.45, 7) is 31.3. The molecule has 4 nitrogen and oxygen atoms in total. The first-order chi connectivity index (χ1) is 22.9. The zero-order valence-electron chi connectivity index (χ0n) is 31.5. The van der Waals surface area contributed by atoms with Crippen LogP contribution in [0.5, 0.6) is 0 Å². The molecule has 0 radical (unpaired) electrons. The quantitative estimate of drug-likeness (QED) is 0.193. The molecule has 1 aromatic rings. The van der Waals surface area contributed by atoms with Crippen LogP contribution in [0.4, 0.5) is 0 Å². The van der Waals surface area contributed by atoms with E-state index in [9.17, 15) is 10.2 Å². The van der Waals surface area contributed by atoms with E-state index in [1.54, 1.807) is 30.9 Å². The van der Waals surface area contributed by atoms with Crippen LogP contribution in [0.1, 0.15) is 104 Å². The lowest BCUT2D eigenvalue weighted by atomic mass is 9.67. The van der Waals surface area contributed by atoms with Crippen LogP contribution in [-0.2, 0) is 9.47 Å². The highest BCUT2D eigenvalue weighted by atomic mass is 16.5. The molecular formula is C44H70O4. The van der Waals surface area contributed by atoms with Crippen molar-refractivity contribution >= 4 is 5.57 Å². The van der Waals surface area contributed by atoms with Gasteiger partial charge in [-0.1, -0.05) is 146 Å². The van der Waals surface area contributed by atoms with Gasteiger partial charge in [0.15, 0.2) is 0 Å². The monoisotopic (exact) mass is 663 g/mol. The standard InChI is InChI=1S/C19H28O2.C13H18O.C4H8O.C4H10.C4H6/c1-13-15(11-16(20)12-18(13)21)8-7-14-5-3-9-19(2)10-4-6-17(14)19;1-11(2)9-14-10-12(3)13-7-5-4-6-8-13;1-3-4-5-2;2*1-3-4-2/h7-8,16-18,20-21H,1,3-6,9-12H2,2H3;4-8,11H,3,9-10H2,1-2H3;3H,1,4H2,2H3;3-4H2,1-2H3;3-4H,1-2H2/b14-7+,15-8-;;;;/t16-,17+,18+,19?;;;;/m1..../s1. The molecule has 4 heteroatoms. The van der Waals surface area contributed by atoms with Crippen molar-refractivity contribution in [2.24, 2.45) is 17.3 Å². The van der Waals surface area contributed by atoms with E-state index in [0.717, 1.165) is 34.8 Å². The summed E-state index contributed by atoms with van der Waals surface area (Å²) in [4.78, 5) is 0. The molecule has 4 atom stereocenters. The van der Waals surface area contributed by atoms with Crippen molar-refractivity contribution in [1.82, 2.24) is 0 Å². The maximum absolute atomic E-state index is 9.93. The molecule has 0 bridgehead atoms. The fourth-order valence-corrected chi connectivity index (χ4v) is 5.99. The Labute approximate surface area is 295 Å². The number of hydrogen-bond donors (Lipinski definition) is 2. The summed E-state index contributed by atoms with van der Waals surface area (Å²) in [7, 11) is 1.64. The van der Waals surface area contributed by atoms with Gasteiger partial charge in [0.05, 0.1) is 25.4 Å². The van der Waals surface area contributed by atoms with E-state index < -0.39 is 12.2 Å². The minimum atomic E-state index is -0.582. The van der Waals surface area contributed by atoms with Crippen molar-refractivity contribution in [2.45, 2.75) is 111 Å². The van der Waals surface area contributed by atoms with Crippen LogP contribution in [-0.4, -0.2) is 49.4 Å². The van der Waals surface area contributed by atoms with Gasteiger partial charge in [-0.2, -0.15) is 0 Å². The third-order valence-corrected chi connectivity index (χ3v) is 8.87. The maximum Gasteiger partial charge on any atom is 0.0811 e. The Hall–Kier alpha value is -2.76. The topological polar surface area (TPSA) is 58.9 Å². The second kappa shape index (κ2) is 27.1. The molecule has 0 saturated heterocycles. The molecule has 0 heterocycles. The largest absolute Gasteiger partial charge is 0.393 e. The second-order valence-corrected chi connectivity index (χ2v) is 13.6. The van der Waals surface area contributed by atoms with E-state index >= 15 is 0 Å². The van der Waals surface area contributed by atoms with E-state index in [1.807, 2.05) is 18.2 Å². The SMILES string of the molecule is C=C(COCC(C)C)c1ccccc1.C=C1/C(=C\C=C2/CCCC3(C)CCC[C@@H]23)C[C@@H](O)C[C@@H]1O.C=CC=C.C=CCOC.CCCC. The average molecular weight is 663 g/mol. The van der Waals surface area contributed by atoms with Crippen LogP contribution in [0, 0.1) is 17.3 Å². The Balaban J connectivity index is 0.000000702. The lowest BCUT2D eigenvalue weighted by molar-refractivity contribution is 0.0862. The van der Waals surface area contributed by atoms with Crippen LogP contribution >= 0.6 is 0 Å². The van der Waals surface area contributed by atoms with E-state index in [1.165, 1.54) is 51.4 Å². The lowest BCUT2D eigenvalue weighted by Gasteiger charge is -2.38. The maximum atomic E-state index is 9.93. The normalized spacial score (nSPS) is 24.3. The van der Waals surface area contributed by atoms with E-state index in [0.29, 0.717) is 37.4 Å². The zero-order valence-corrected chi connectivity index (χ0v) is 31.5. The van der Waals surface area contributed by atoms with Crippen LogP contribution in [0.3, 0.4) is 0 Å². The lowest BCUT2D eigenvalue weighted by Crippen LogP contribution is -2.28. The highest BCUT2D eigenvalue weighted by Gasteiger charge is 2.42. The van der Waals surface area contributed by atoms with Gasteiger partial charge in [0.25, 0.3) is 0 Å². The molecule has 0 spiro atoms. The molecule has 2 N–H and O–H groups in total. The van der Waals surface area contributed by atoms with Gasteiger partial charge in [-0.3, -0.25) is 0 Å². The van der Waals surface area contributed by atoms with E-state index in [4.69, 9.17) is 4.74 Å². The number of unbranched alkanes of at least 4 members (excludes halogenated alkanes) is 1. The number of allylic oxidation sites excluding steroid dienone is 5. The predicted octanol–water partition coefficient (Wildman–Crippen LogP) is 11.3. The molecule has 0 aliphatic heterocycles. The summed E-state index contributed by atoms with van der Waals surface area (Å²) in [5, 5.41) is 19.8. The number of fused-ring (bicyclic) bond motifs is 1. The van der Waals surface area contributed by atoms with Gasteiger partial charge >= 0.3 is 0 Å². The van der Waals surface area contributed by atoms with Crippen LogP contribution in [0.2, 0.25) is 0 Å². The predicted molar refractivity (Wildman–Crippen MR) is 210 cm³/mol. The molecule has 0 amide bonds. The second-order valence-electron chi connectivity index (χ2n) is 13.6. The first-order valence-electron chi connectivity index (χ1n) is 18.0. The molecule has 48 heavy (non-hydrogen) atoms. The van der Waals surface area contributed by atoms with Gasteiger partial charge in [0, 0.05) is 20.1 Å². The highest BCUT2D eigenvalue weighted by molar-refractivity contribution is 5.63. The molecule has 3 aliphatic rings. The summed E-state index contributed by atoms with van der Waals surface area (Å²) >= 11 is 0. The number of methoxy groups -OCH3 is 1. The molecule has 270 valence electrons. The van der Waals surface area contributed by atoms with Crippen molar-refractivity contribution in [2.75, 3.05) is 26.9 Å². The van der Waals surface area contributed by atoms with Crippen molar-refractivity contribution in [3.05, 3.63) is 116 Å². The summed E-state index contributed by atoms with van der Waals surface area (Å²) in [5.74, 6) is 1.33. The van der Waals surface area contributed by atoms with Crippen LogP contribution in [0.15, 0.2) is 110 Å². The third-order valence-electron chi connectivity index (χ3n) is 8.87. The summed E-state index contributed by atoms with van der Waals surface area (Å²) in [6.07, 6.45) is 20.0. The van der Waals surface area contributed by atoms with Crippen LogP contribution < -0.4 is 0 Å². The minimum absolute atomic E-state index is 0.424. The van der Waals surface area contributed by atoms with Crippen molar-refractivity contribution < 1.29 is 19.7 Å². The van der Waals surface area contributed by atoms with Crippen LogP contribution in [0.25, 0.3) is 5.57 Å². The molecular weight excluding hydrogens is 592 g/mol. The molecule has 3 saturated carbocycles. The Morgan fingerprint density at radius 3 is 2.15 bits per heavy atom. The molecule has 3 aliphatic carbocycles. The highest BCUT2D eigenvalue weighted by Crippen LogP contribution is 2.54. The first kappa shape index (κ1) is 45.2. The summed E-state index contributed by atoms with van der Waals surface area (Å²) in [6, 6.07) is 10.2. The molecule has 4 rings (SSSR count). The van der Waals surface area contributed by atoms with Gasteiger partial charge in [-0.15, -0.1) is 6.58 Å². The Morgan fingerprint density at radius 2 is 1.62 bits per heavy atom. The molecule has 0 aromatic heterocycles. The number of aliphatic hydroxyl groups excluding tert-OH is 2. The van der Waals surface area contributed by atoms with Crippen molar-refractivity contribution in [3.8, 4) is 0 Å². The smallest absolute Gasteiger partial charge is 0.0811 e. The van der Waals surface area contributed by atoms with Gasteiger partial charge in [0.1, 0.15) is 0 Å². The third kappa shape index (κ3) is 18.7. The summed E-state index contributed by atoms with van der Waals surface area (Å²) < 4.78 is 10.1. The zero-order chi connectivity index (χ0) is 36.4. The fraction of sp³-hybridized carbons (Fsp3) is 0.545. The Bertz CT molecular complexity index is 1100. The summed E-state index contributed by atoms with van der Waals surface area (Å²) in [5.41, 5.74) is 6.13. The van der Waals surface area contributed by atoms with Gasteiger partial charge in [-0.05, 0) is 78.1 Å². The van der Waals surface area contributed by atoms with Crippen molar-refractivity contribution in [1.29, 1.82) is 0 Å². The number of ether oxygens (including phenoxy) is 2. The fourth-order valence-electron chi connectivity index (χ4n) is 5.99. The molecule has 1 aromatic carbocycles. The number of benzene rings is 1. The van der Waals surface area contributed by atoms with Gasteiger partial charge < -0.3 is 19.7 Å². The number of aliphatic hydroxyl groups is 2. The first-order valence-corrected chi connectivity index (χ1v) is 18.0. The van der Waals surface area contributed by atoms with Crippen molar-refractivity contribution in [3.63, 3.8) is 0 Å². The average Bonchev–Trinajstić information content (AvgIpc) is 3.49. The number of rotatable bonds is 10. The van der Waals surface area contributed by atoms with E-state index in [2.05, 4.69) is 96.5 Å². The molecule has 3 fully saturated rings. The van der Waals surface area contributed by atoms with Gasteiger partial charge in [0.2, 0.25) is 0 Å². The van der Waals surface area contributed by atoms with Gasteiger partial charge in [-0.25, -0.2) is 0 Å². The Kier molecular flexibility index (Phi) is 25.5. The minimum Gasteiger partial charge on any atom is -0.393 e. The molecule has 1 unspecified atom stereocenters. The number of hydrogen-bond acceptors (Lipinski definition) is 4. The van der Waals surface area contributed by atoms with E-state index in [-0.39, 0.29) is 0 Å². The Morgan fingerprint density at radius 1 is 1.00 bits per heavy atom.